The maximum Gasteiger partial charge on any atom is 0.119 e. The van der Waals surface area contributed by atoms with Gasteiger partial charge in [0.05, 0.1) is 20.9 Å². The van der Waals surface area contributed by atoms with Crippen LogP contribution in [0.15, 0.2) is 42.2 Å². The van der Waals surface area contributed by atoms with Gasteiger partial charge in [0, 0.05) is 11.8 Å². The van der Waals surface area contributed by atoms with E-state index in [1.165, 1.54) is 35.1 Å². The highest BCUT2D eigenvalue weighted by molar-refractivity contribution is 6.81. The van der Waals surface area contributed by atoms with Crippen molar-refractivity contribution in [1.82, 2.24) is 4.98 Å². The molecule has 2 rings (SSSR count). The first-order valence-corrected chi connectivity index (χ1v) is 12.8. The Morgan fingerprint density at radius 2 is 1.96 bits per heavy atom. The van der Waals surface area contributed by atoms with Crippen LogP contribution < -0.4 is 4.74 Å². The van der Waals surface area contributed by atoms with E-state index in [0.29, 0.717) is 0 Å². The zero-order chi connectivity index (χ0) is 18.4. The zero-order valence-corrected chi connectivity index (χ0v) is 17.5. The Kier molecular flexibility index (Phi) is 6.60. The Balaban J connectivity index is 2.67. The third-order valence-corrected chi connectivity index (χ3v) is 5.46. The summed E-state index contributed by atoms with van der Waals surface area (Å²) >= 11 is 0. The summed E-state index contributed by atoms with van der Waals surface area (Å²) in [4.78, 5) is 4.67. The van der Waals surface area contributed by atoms with Gasteiger partial charge in [-0.2, -0.15) is 0 Å². The smallest absolute Gasteiger partial charge is 0.119 e. The van der Waals surface area contributed by atoms with Crippen LogP contribution in [0.1, 0.15) is 37.3 Å². The van der Waals surface area contributed by atoms with Gasteiger partial charge in [-0.25, -0.2) is 0 Å². The van der Waals surface area contributed by atoms with Crippen molar-refractivity contribution in [3.8, 4) is 17.0 Å². The first-order chi connectivity index (χ1) is 11.9. The van der Waals surface area contributed by atoms with Gasteiger partial charge in [-0.15, -0.1) is 0 Å². The lowest BCUT2D eigenvalue weighted by molar-refractivity contribution is 0.414. The molecule has 0 amide bonds. The molecule has 0 atom stereocenters. The van der Waals surface area contributed by atoms with Crippen molar-refractivity contribution >= 4 is 13.6 Å². The minimum Gasteiger partial charge on any atom is -0.497 e. The summed E-state index contributed by atoms with van der Waals surface area (Å²) in [6.07, 6.45) is 5.39. The third kappa shape index (κ3) is 5.30. The van der Waals surface area contributed by atoms with Crippen LogP contribution in [0.5, 0.6) is 5.75 Å². The third-order valence-electron chi connectivity index (χ3n) is 4.24. The molecular weight excluding hydrogens is 322 g/mol. The lowest BCUT2D eigenvalue weighted by atomic mass is 9.93. The molecule has 1 heterocycles. The number of allylic oxidation sites excluding steroid dienone is 1. The Morgan fingerprint density at radius 1 is 1.20 bits per heavy atom. The van der Waals surface area contributed by atoms with Crippen molar-refractivity contribution in [2.45, 2.75) is 52.8 Å². The number of ether oxygens (including phenoxy) is 1. The molecule has 0 aliphatic heterocycles. The summed E-state index contributed by atoms with van der Waals surface area (Å²) in [5, 5.41) is 0. The average Bonchev–Trinajstić information content (AvgIpc) is 2.57. The van der Waals surface area contributed by atoms with Crippen LogP contribution in [0.3, 0.4) is 0 Å². The summed E-state index contributed by atoms with van der Waals surface area (Å²) in [6, 6.07) is 10.5. The highest BCUT2D eigenvalue weighted by Gasteiger charge is 2.17. The molecule has 0 radical (unpaired) electrons. The number of methoxy groups -OCH3 is 1. The van der Waals surface area contributed by atoms with Crippen LogP contribution >= 0.6 is 0 Å². The van der Waals surface area contributed by atoms with E-state index in [-0.39, 0.29) is 0 Å². The summed E-state index contributed by atoms with van der Waals surface area (Å²) in [7, 11) is 0.393. The number of hydrogen-bond donors (Lipinski definition) is 0. The minimum atomic E-state index is -1.34. The van der Waals surface area contributed by atoms with Gasteiger partial charge in [-0.05, 0) is 60.7 Å². The predicted octanol–water partition coefficient (Wildman–Crippen LogP) is 6.52. The number of aromatic nitrogens is 1. The summed E-state index contributed by atoms with van der Waals surface area (Å²) in [5.41, 5.74) is 8.74. The molecule has 3 heteroatoms. The molecule has 1 aromatic carbocycles. The molecule has 134 valence electrons. The Bertz CT molecular complexity index is 744. The van der Waals surface area contributed by atoms with Crippen LogP contribution in [-0.2, 0) is 0 Å². The average molecular weight is 354 g/mol. The van der Waals surface area contributed by atoms with Crippen molar-refractivity contribution in [2.24, 2.45) is 0 Å². The lowest BCUT2D eigenvalue weighted by Crippen LogP contribution is -2.17. The number of pyridine rings is 1. The fourth-order valence-corrected chi connectivity index (χ4v) is 4.41. The molecule has 0 spiro atoms. The molecule has 0 aliphatic carbocycles. The second-order valence-electron chi connectivity index (χ2n) is 7.72. The van der Waals surface area contributed by atoms with E-state index in [1.807, 2.05) is 18.3 Å². The lowest BCUT2D eigenvalue weighted by Gasteiger charge is -2.19. The summed E-state index contributed by atoms with van der Waals surface area (Å²) in [5.74, 6) is 0.908. The fraction of sp³-hybridized carbons (Fsp3) is 0.409. The Hall–Kier alpha value is -1.87. The van der Waals surface area contributed by atoms with E-state index in [2.05, 4.69) is 62.4 Å². The van der Waals surface area contributed by atoms with Crippen molar-refractivity contribution in [2.75, 3.05) is 7.11 Å². The van der Waals surface area contributed by atoms with Crippen molar-refractivity contribution in [3.63, 3.8) is 0 Å². The van der Waals surface area contributed by atoms with Crippen LogP contribution in [0, 0.1) is 6.92 Å². The van der Waals surface area contributed by atoms with Gasteiger partial charge >= 0.3 is 0 Å². The Labute approximate surface area is 154 Å². The minimum absolute atomic E-state index is 0.908. The van der Waals surface area contributed by atoms with Crippen molar-refractivity contribution in [3.05, 3.63) is 53.4 Å². The van der Waals surface area contributed by atoms with E-state index in [0.717, 1.165) is 17.9 Å². The SMILES string of the molecule is CCCC/C(=C\[Si](C)(C)C)c1cc(OC)ccc1-c1ncccc1C. The van der Waals surface area contributed by atoms with Crippen molar-refractivity contribution in [1.29, 1.82) is 0 Å². The van der Waals surface area contributed by atoms with E-state index in [4.69, 9.17) is 4.74 Å². The maximum absolute atomic E-state index is 5.52. The first-order valence-electron chi connectivity index (χ1n) is 9.18. The van der Waals surface area contributed by atoms with Crippen LogP contribution in [0.2, 0.25) is 19.6 Å². The Morgan fingerprint density at radius 3 is 2.56 bits per heavy atom. The summed E-state index contributed by atoms with van der Waals surface area (Å²) < 4.78 is 5.52. The van der Waals surface area contributed by atoms with Gasteiger partial charge in [0.1, 0.15) is 5.75 Å². The highest BCUT2D eigenvalue weighted by atomic mass is 28.3. The quantitative estimate of drug-likeness (QED) is 0.529. The number of unbranched alkanes of at least 4 members (excludes halogenated alkanes) is 1. The molecule has 0 fully saturated rings. The molecule has 0 saturated heterocycles. The maximum atomic E-state index is 5.52. The molecule has 0 bridgehead atoms. The monoisotopic (exact) mass is 353 g/mol. The number of hydrogen-bond acceptors (Lipinski definition) is 2. The highest BCUT2D eigenvalue weighted by Crippen LogP contribution is 2.35. The van der Waals surface area contributed by atoms with E-state index >= 15 is 0 Å². The van der Waals surface area contributed by atoms with Crippen LogP contribution in [0.25, 0.3) is 16.8 Å². The van der Waals surface area contributed by atoms with Gasteiger partial charge in [0.2, 0.25) is 0 Å². The van der Waals surface area contributed by atoms with E-state index < -0.39 is 8.07 Å². The zero-order valence-electron chi connectivity index (χ0n) is 16.5. The largest absolute Gasteiger partial charge is 0.497 e. The normalized spacial score (nSPS) is 12.3. The second-order valence-corrected chi connectivity index (χ2v) is 12.7. The van der Waals surface area contributed by atoms with Gasteiger partial charge < -0.3 is 4.74 Å². The first kappa shape index (κ1) is 19.5. The molecule has 0 saturated carbocycles. The van der Waals surface area contributed by atoms with E-state index in [9.17, 15) is 0 Å². The number of nitrogens with zero attached hydrogens (tertiary/aromatic N) is 1. The van der Waals surface area contributed by atoms with Gasteiger partial charge in [-0.3, -0.25) is 4.98 Å². The van der Waals surface area contributed by atoms with Crippen LogP contribution in [0.4, 0.5) is 0 Å². The predicted molar refractivity (Wildman–Crippen MR) is 112 cm³/mol. The van der Waals surface area contributed by atoms with Gasteiger partial charge in [0.15, 0.2) is 0 Å². The van der Waals surface area contributed by atoms with Gasteiger partial charge in [-0.1, -0.05) is 44.8 Å². The molecule has 2 aromatic rings. The number of rotatable bonds is 7. The molecule has 2 nitrogen and oxygen atoms in total. The topological polar surface area (TPSA) is 22.1 Å². The molecular formula is C22H31NOSi. The molecule has 1 aromatic heterocycles. The van der Waals surface area contributed by atoms with Gasteiger partial charge in [0.25, 0.3) is 0 Å². The second kappa shape index (κ2) is 8.48. The molecule has 25 heavy (non-hydrogen) atoms. The van der Waals surface area contributed by atoms with Crippen molar-refractivity contribution < 1.29 is 4.74 Å². The van der Waals surface area contributed by atoms with E-state index in [1.54, 1.807) is 7.11 Å². The molecule has 0 aliphatic rings. The number of benzene rings is 1. The standard InChI is InChI=1S/C22H31NOSi/c1-7-8-11-18(16-25(4,5)6)21-15-19(24-3)12-13-20(21)22-17(2)10-9-14-23-22/h9-10,12-16H,7-8,11H2,1-6H3/b18-16+. The molecule has 0 unspecified atom stereocenters. The van der Waals surface area contributed by atoms with Crippen LogP contribution in [-0.4, -0.2) is 20.2 Å². The number of aryl methyl sites for hydroxylation is 1. The molecule has 0 N–H and O–H groups in total. The summed E-state index contributed by atoms with van der Waals surface area (Å²) in [6.45, 7) is 11.6. The fourth-order valence-electron chi connectivity index (χ4n) is 3.06.